The highest BCUT2D eigenvalue weighted by atomic mass is 79.9. The van der Waals surface area contributed by atoms with Gasteiger partial charge in [0.1, 0.15) is 0 Å². The van der Waals surface area contributed by atoms with Crippen LogP contribution in [0, 0.1) is 0 Å². The summed E-state index contributed by atoms with van der Waals surface area (Å²) in [5.41, 5.74) is 2.11. The molecule has 1 amide bonds. The van der Waals surface area contributed by atoms with Crippen LogP contribution >= 0.6 is 31.9 Å². The third-order valence-corrected chi connectivity index (χ3v) is 4.21. The van der Waals surface area contributed by atoms with Gasteiger partial charge in [0.25, 0.3) is 11.7 Å². The van der Waals surface area contributed by atoms with Crippen LogP contribution in [-0.4, -0.2) is 11.7 Å². The fourth-order valence-electron chi connectivity index (χ4n) is 2.20. The molecule has 0 bridgehead atoms. The van der Waals surface area contributed by atoms with E-state index in [9.17, 15) is 9.59 Å². The fourth-order valence-corrected chi connectivity index (χ4v) is 2.81. The predicted octanol–water partition coefficient (Wildman–Crippen LogP) is 3.94. The Balaban J connectivity index is 1.98. The van der Waals surface area contributed by atoms with Crippen LogP contribution in [-0.2, 0) is 11.3 Å². The van der Waals surface area contributed by atoms with Gasteiger partial charge in [-0.3, -0.25) is 9.59 Å². The Bertz CT molecular complexity index is 710. The van der Waals surface area contributed by atoms with Crippen molar-refractivity contribution in [3.05, 3.63) is 62.5 Å². The minimum Gasteiger partial charge on any atom is -0.300 e. The summed E-state index contributed by atoms with van der Waals surface area (Å²) in [5.74, 6) is -0.911. The standard InChI is InChI=1S/C15H9Br2NO2/c16-10-3-1-9(2-4-10)8-18-13-7-11(17)5-6-12(13)14(19)15(18)20/h1-7H,8H2. The molecule has 1 heterocycles. The lowest BCUT2D eigenvalue weighted by atomic mass is 10.1. The van der Waals surface area contributed by atoms with E-state index in [1.807, 2.05) is 24.3 Å². The van der Waals surface area contributed by atoms with E-state index in [1.165, 1.54) is 4.90 Å². The molecule has 0 spiro atoms. The summed E-state index contributed by atoms with van der Waals surface area (Å²) >= 11 is 6.75. The molecular formula is C15H9Br2NO2. The number of anilines is 1. The van der Waals surface area contributed by atoms with Gasteiger partial charge >= 0.3 is 0 Å². The molecule has 0 N–H and O–H groups in total. The summed E-state index contributed by atoms with van der Waals surface area (Å²) in [5, 5.41) is 0. The number of benzene rings is 2. The molecule has 20 heavy (non-hydrogen) atoms. The highest BCUT2D eigenvalue weighted by Gasteiger charge is 2.35. The molecule has 3 rings (SSSR count). The number of ketones is 1. The van der Waals surface area contributed by atoms with Gasteiger partial charge in [-0.1, -0.05) is 44.0 Å². The molecule has 0 unspecified atom stereocenters. The van der Waals surface area contributed by atoms with Crippen LogP contribution in [0.25, 0.3) is 0 Å². The van der Waals surface area contributed by atoms with Crippen LogP contribution in [0.1, 0.15) is 15.9 Å². The second-order valence-corrected chi connectivity index (χ2v) is 6.34. The van der Waals surface area contributed by atoms with Gasteiger partial charge in [-0.05, 0) is 35.9 Å². The Morgan fingerprint density at radius 2 is 1.55 bits per heavy atom. The number of fused-ring (bicyclic) bond motifs is 1. The quantitative estimate of drug-likeness (QED) is 0.723. The van der Waals surface area contributed by atoms with Crippen LogP contribution in [0.3, 0.4) is 0 Å². The molecule has 0 aromatic heterocycles. The SMILES string of the molecule is O=C1C(=O)N(Cc2ccc(Br)cc2)c2cc(Br)ccc21. The number of amides is 1. The van der Waals surface area contributed by atoms with E-state index in [0.717, 1.165) is 14.5 Å². The maximum Gasteiger partial charge on any atom is 0.299 e. The molecule has 100 valence electrons. The lowest BCUT2D eigenvalue weighted by Gasteiger charge is -2.16. The molecule has 2 aromatic rings. The Morgan fingerprint density at radius 1 is 0.900 bits per heavy atom. The van der Waals surface area contributed by atoms with Crippen LogP contribution in [0.5, 0.6) is 0 Å². The molecule has 2 aromatic carbocycles. The predicted molar refractivity (Wildman–Crippen MR) is 83.8 cm³/mol. The van der Waals surface area contributed by atoms with E-state index in [-0.39, 0.29) is 0 Å². The number of hydrogen-bond donors (Lipinski definition) is 0. The van der Waals surface area contributed by atoms with Gasteiger partial charge in [0.05, 0.1) is 17.8 Å². The summed E-state index contributed by atoms with van der Waals surface area (Å²) in [6.07, 6.45) is 0. The molecule has 0 radical (unpaired) electrons. The summed E-state index contributed by atoms with van der Waals surface area (Å²) in [4.78, 5) is 25.6. The van der Waals surface area contributed by atoms with E-state index in [4.69, 9.17) is 0 Å². The zero-order valence-electron chi connectivity index (χ0n) is 10.3. The number of rotatable bonds is 2. The van der Waals surface area contributed by atoms with Gasteiger partial charge in [0.15, 0.2) is 0 Å². The van der Waals surface area contributed by atoms with Crippen molar-refractivity contribution in [2.45, 2.75) is 6.54 Å². The highest BCUT2D eigenvalue weighted by molar-refractivity contribution is 9.10. The fraction of sp³-hybridized carbons (Fsp3) is 0.0667. The molecule has 5 heteroatoms. The van der Waals surface area contributed by atoms with Crippen molar-refractivity contribution >= 4 is 49.2 Å². The number of hydrogen-bond acceptors (Lipinski definition) is 2. The lowest BCUT2D eigenvalue weighted by Crippen LogP contribution is -2.29. The number of halogens is 2. The Kier molecular flexibility index (Phi) is 3.48. The minimum absolute atomic E-state index is 0.390. The van der Waals surface area contributed by atoms with E-state index in [0.29, 0.717) is 17.8 Å². The van der Waals surface area contributed by atoms with E-state index in [2.05, 4.69) is 31.9 Å². The molecule has 0 fully saturated rings. The second kappa shape index (κ2) is 5.14. The van der Waals surface area contributed by atoms with Gasteiger partial charge in [0, 0.05) is 8.95 Å². The van der Waals surface area contributed by atoms with E-state index >= 15 is 0 Å². The van der Waals surface area contributed by atoms with Crippen molar-refractivity contribution in [3.63, 3.8) is 0 Å². The maximum atomic E-state index is 12.1. The zero-order chi connectivity index (χ0) is 14.3. The van der Waals surface area contributed by atoms with Crippen molar-refractivity contribution in [2.75, 3.05) is 4.90 Å². The first kappa shape index (κ1) is 13.5. The molecular weight excluding hydrogens is 386 g/mol. The first-order valence-corrected chi connectivity index (χ1v) is 7.55. The minimum atomic E-state index is -0.471. The highest BCUT2D eigenvalue weighted by Crippen LogP contribution is 2.32. The molecule has 0 atom stereocenters. The van der Waals surface area contributed by atoms with Gasteiger partial charge in [-0.15, -0.1) is 0 Å². The second-order valence-electron chi connectivity index (χ2n) is 4.51. The number of carbonyl (C=O) groups is 2. The van der Waals surface area contributed by atoms with Gasteiger partial charge < -0.3 is 4.90 Å². The Morgan fingerprint density at radius 3 is 2.25 bits per heavy atom. The molecule has 0 saturated carbocycles. The Labute approximate surface area is 132 Å². The number of nitrogens with zero attached hydrogens (tertiary/aromatic N) is 1. The smallest absolute Gasteiger partial charge is 0.299 e. The summed E-state index contributed by atoms with van der Waals surface area (Å²) < 4.78 is 1.83. The van der Waals surface area contributed by atoms with Crippen LogP contribution in [0.15, 0.2) is 51.4 Å². The van der Waals surface area contributed by atoms with Gasteiger partial charge in [0.2, 0.25) is 0 Å². The largest absolute Gasteiger partial charge is 0.300 e. The van der Waals surface area contributed by atoms with E-state index < -0.39 is 11.7 Å². The van der Waals surface area contributed by atoms with Crippen LogP contribution in [0.4, 0.5) is 5.69 Å². The first-order chi connectivity index (χ1) is 9.56. The monoisotopic (exact) mass is 393 g/mol. The summed E-state index contributed by atoms with van der Waals surface area (Å²) in [6.45, 7) is 0.390. The third-order valence-electron chi connectivity index (χ3n) is 3.19. The van der Waals surface area contributed by atoms with Crippen molar-refractivity contribution in [1.29, 1.82) is 0 Å². The normalized spacial score (nSPS) is 13.8. The average molecular weight is 395 g/mol. The van der Waals surface area contributed by atoms with Gasteiger partial charge in [-0.2, -0.15) is 0 Å². The Hall–Kier alpha value is -1.46. The number of carbonyl (C=O) groups excluding carboxylic acids is 2. The first-order valence-electron chi connectivity index (χ1n) is 5.96. The molecule has 1 aliphatic rings. The molecule has 0 aliphatic carbocycles. The van der Waals surface area contributed by atoms with Crippen molar-refractivity contribution in [1.82, 2.24) is 0 Å². The molecule has 0 saturated heterocycles. The summed E-state index contributed by atoms with van der Waals surface area (Å²) in [7, 11) is 0. The van der Waals surface area contributed by atoms with E-state index in [1.54, 1.807) is 18.2 Å². The summed E-state index contributed by atoms with van der Waals surface area (Å²) in [6, 6.07) is 12.9. The number of Topliss-reactive ketones (excluding diaryl/α,β-unsaturated/α-hetero) is 1. The maximum absolute atomic E-state index is 12.1. The van der Waals surface area contributed by atoms with Gasteiger partial charge in [-0.25, -0.2) is 0 Å². The van der Waals surface area contributed by atoms with Crippen molar-refractivity contribution in [3.8, 4) is 0 Å². The third kappa shape index (κ3) is 2.31. The van der Waals surface area contributed by atoms with Crippen molar-refractivity contribution < 1.29 is 9.59 Å². The molecule has 3 nitrogen and oxygen atoms in total. The molecule has 1 aliphatic heterocycles. The zero-order valence-corrected chi connectivity index (χ0v) is 13.4. The topological polar surface area (TPSA) is 37.4 Å². The van der Waals surface area contributed by atoms with Crippen LogP contribution in [0.2, 0.25) is 0 Å². The van der Waals surface area contributed by atoms with Crippen LogP contribution < -0.4 is 4.90 Å². The van der Waals surface area contributed by atoms with Crippen molar-refractivity contribution in [2.24, 2.45) is 0 Å². The lowest BCUT2D eigenvalue weighted by molar-refractivity contribution is -0.114. The average Bonchev–Trinajstić information content (AvgIpc) is 2.66.